The summed E-state index contributed by atoms with van der Waals surface area (Å²) in [7, 11) is 0. The van der Waals surface area contributed by atoms with Crippen LogP contribution in [-0.2, 0) is 14.2 Å². The summed E-state index contributed by atoms with van der Waals surface area (Å²) in [5.74, 6) is 1.06. The molecule has 1 unspecified atom stereocenters. The lowest BCUT2D eigenvalue weighted by atomic mass is 9.82. The molecule has 1 spiro atoms. The first kappa shape index (κ1) is 29.1. The SMILES string of the molecule is CCCCCC(C)Nc1ncc2c(C3CCN(C(=O)OC(C)(C)C)CC3)cc(C3CCC4(CC3)OCCO4)n2n1. The van der Waals surface area contributed by atoms with E-state index in [4.69, 9.17) is 24.3 Å². The molecular formula is C31H49N5O4. The maximum Gasteiger partial charge on any atom is 0.410 e. The Morgan fingerprint density at radius 2 is 1.82 bits per heavy atom. The highest BCUT2D eigenvalue weighted by atomic mass is 16.7. The molecule has 9 heteroatoms. The van der Waals surface area contributed by atoms with E-state index in [1.807, 2.05) is 31.9 Å². The molecular weight excluding hydrogens is 506 g/mol. The van der Waals surface area contributed by atoms with Crippen molar-refractivity contribution in [3.8, 4) is 0 Å². The zero-order chi connectivity index (χ0) is 28.3. The summed E-state index contributed by atoms with van der Waals surface area (Å²) in [5, 5.41) is 8.60. The third kappa shape index (κ3) is 6.73. The lowest BCUT2D eigenvalue weighted by Crippen LogP contribution is -2.41. The van der Waals surface area contributed by atoms with Crippen molar-refractivity contribution < 1.29 is 19.0 Å². The van der Waals surface area contributed by atoms with Gasteiger partial charge in [-0.25, -0.2) is 14.3 Å². The van der Waals surface area contributed by atoms with E-state index in [2.05, 4.69) is 29.7 Å². The highest BCUT2D eigenvalue weighted by molar-refractivity contribution is 5.68. The second-order valence-electron chi connectivity index (χ2n) is 13.1. The normalized spacial score (nSPS) is 21.3. The van der Waals surface area contributed by atoms with Crippen LogP contribution in [0, 0.1) is 0 Å². The number of rotatable bonds is 8. The zero-order valence-electron chi connectivity index (χ0n) is 25.2. The summed E-state index contributed by atoms with van der Waals surface area (Å²) in [4.78, 5) is 19.3. The van der Waals surface area contributed by atoms with E-state index in [0.29, 0.717) is 50.1 Å². The van der Waals surface area contributed by atoms with Crippen LogP contribution in [0.2, 0.25) is 0 Å². The maximum atomic E-state index is 12.6. The number of ether oxygens (including phenoxy) is 3. The molecule has 40 heavy (non-hydrogen) atoms. The van der Waals surface area contributed by atoms with Gasteiger partial charge >= 0.3 is 6.09 Å². The van der Waals surface area contributed by atoms with Crippen LogP contribution in [0.3, 0.4) is 0 Å². The fourth-order valence-electron chi connectivity index (χ4n) is 6.56. The summed E-state index contributed by atoms with van der Waals surface area (Å²) in [6.45, 7) is 13.0. The number of piperidine rings is 1. The molecule has 2 aromatic heterocycles. The van der Waals surface area contributed by atoms with Crippen molar-refractivity contribution in [1.82, 2.24) is 19.5 Å². The predicted molar refractivity (Wildman–Crippen MR) is 156 cm³/mol. The number of amides is 1. The molecule has 0 radical (unpaired) electrons. The van der Waals surface area contributed by atoms with E-state index in [1.165, 1.54) is 30.5 Å². The molecule has 1 saturated carbocycles. The standard InChI is InChI=1S/C31H49N5O4/c1-6-7-8-9-22(2)33-28-32-21-27-25(23-12-16-35(17-13-23)29(37)40-30(3,4)5)20-26(36(27)34-28)24-10-14-31(15-11-24)38-18-19-39-31/h20-24H,6-19H2,1-5H3,(H,33,34). The highest BCUT2D eigenvalue weighted by Crippen LogP contribution is 2.44. The Bertz CT molecular complexity index is 1130. The third-order valence-corrected chi connectivity index (χ3v) is 8.76. The average molecular weight is 556 g/mol. The summed E-state index contributed by atoms with van der Waals surface area (Å²) in [6.07, 6.45) is 12.3. The molecule has 2 saturated heterocycles. The van der Waals surface area contributed by atoms with E-state index in [-0.39, 0.29) is 11.9 Å². The molecule has 9 nitrogen and oxygen atoms in total. The number of hydrogen-bond acceptors (Lipinski definition) is 7. The van der Waals surface area contributed by atoms with Crippen molar-refractivity contribution in [3.05, 3.63) is 23.5 Å². The van der Waals surface area contributed by atoms with Gasteiger partial charge in [0.25, 0.3) is 0 Å². The first-order chi connectivity index (χ1) is 19.2. The number of anilines is 1. The Hall–Kier alpha value is -2.39. The maximum absolute atomic E-state index is 12.6. The van der Waals surface area contributed by atoms with Crippen molar-refractivity contribution in [2.24, 2.45) is 0 Å². The molecule has 5 rings (SSSR count). The first-order valence-corrected chi connectivity index (χ1v) is 15.6. The van der Waals surface area contributed by atoms with E-state index in [9.17, 15) is 4.79 Å². The zero-order valence-corrected chi connectivity index (χ0v) is 25.2. The fraction of sp³-hybridized carbons (Fsp3) is 0.774. The van der Waals surface area contributed by atoms with E-state index in [1.54, 1.807) is 0 Å². The van der Waals surface area contributed by atoms with Gasteiger partial charge in [0.15, 0.2) is 5.79 Å². The van der Waals surface area contributed by atoms with Crippen LogP contribution in [0.5, 0.6) is 0 Å². The average Bonchev–Trinajstić information content (AvgIpc) is 3.53. The second kappa shape index (κ2) is 12.2. The highest BCUT2D eigenvalue weighted by Gasteiger charge is 2.41. The number of fused-ring (bicyclic) bond motifs is 1. The lowest BCUT2D eigenvalue weighted by molar-refractivity contribution is -0.179. The van der Waals surface area contributed by atoms with Gasteiger partial charge in [-0.1, -0.05) is 26.2 Å². The molecule has 4 heterocycles. The van der Waals surface area contributed by atoms with Crippen LogP contribution in [0.15, 0.2) is 12.3 Å². The summed E-state index contributed by atoms with van der Waals surface area (Å²) in [5.41, 5.74) is 3.17. The summed E-state index contributed by atoms with van der Waals surface area (Å²) >= 11 is 0. The number of carbonyl (C=O) groups excluding carboxylic acids is 1. The number of nitrogens with one attached hydrogen (secondary N) is 1. The van der Waals surface area contributed by atoms with Crippen molar-refractivity contribution >= 4 is 17.6 Å². The summed E-state index contributed by atoms with van der Waals surface area (Å²) in [6, 6.07) is 2.71. The van der Waals surface area contributed by atoms with Crippen LogP contribution in [0.4, 0.5) is 10.7 Å². The van der Waals surface area contributed by atoms with Crippen LogP contribution >= 0.6 is 0 Å². The van der Waals surface area contributed by atoms with Crippen LogP contribution in [-0.4, -0.2) is 69.3 Å². The van der Waals surface area contributed by atoms with Gasteiger partial charge in [0.2, 0.25) is 5.95 Å². The number of likely N-dealkylation sites (tertiary alicyclic amines) is 1. The minimum atomic E-state index is -0.481. The van der Waals surface area contributed by atoms with E-state index < -0.39 is 5.60 Å². The van der Waals surface area contributed by atoms with Gasteiger partial charge in [-0.15, -0.1) is 5.10 Å². The van der Waals surface area contributed by atoms with E-state index in [0.717, 1.165) is 50.5 Å². The number of nitrogens with zero attached hydrogens (tertiary/aromatic N) is 4. The molecule has 222 valence electrons. The number of unbranched alkanes of at least 4 members (excludes halogenated alkanes) is 2. The minimum absolute atomic E-state index is 0.215. The van der Waals surface area contributed by atoms with Gasteiger partial charge in [-0.2, -0.15) is 0 Å². The smallest absolute Gasteiger partial charge is 0.410 e. The molecule has 0 aromatic carbocycles. The van der Waals surface area contributed by atoms with Gasteiger partial charge < -0.3 is 24.4 Å². The second-order valence-corrected chi connectivity index (χ2v) is 13.1. The Balaban J connectivity index is 1.36. The van der Waals surface area contributed by atoms with Gasteiger partial charge in [0.05, 0.1) is 24.9 Å². The fourth-order valence-corrected chi connectivity index (χ4v) is 6.56. The quantitative estimate of drug-likeness (QED) is 0.366. The first-order valence-electron chi connectivity index (χ1n) is 15.6. The molecule has 3 aliphatic rings. The van der Waals surface area contributed by atoms with E-state index >= 15 is 0 Å². The van der Waals surface area contributed by atoms with Gasteiger partial charge in [-0.3, -0.25) is 0 Å². The molecule has 0 bridgehead atoms. The molecule has 2 aliphatic heterocycles. The Morgan fingerprint density at radius 3 is 2.48 bits per heavy atom. The third-order valence-electron chi connectivity index (χ3n) is 8.76. The van der Waals surface area contributed by atoms with Crippen LogP contribution < -0.4 is 5.32 Å². The monoisotopic (exact) mass is 555 g/mol. The van der Waals surface area contributed by atoms with Crippen molar-refractivity contribution in [2.75, 3.05) is 31.6 Å². The topological polar surface area (TPSA) is 90.2 Å². The van der Waals surface area contributed by atoms with Gasteiger partial charge in [-0.05, 0) is 77.3 Å². The minimum Gasteiger partial charge on any atom is -0.444 e. The molecule has 1 aliphatic carbocycles. The largest absolute Gasteiger partial charge is 0.444 e. The Morgan fingerprint density at radius 1 is 1.12 bits per heavy atom. The molecule has 1 atom stereocenters. The van der Waals surface area contributed by atoms with Crippen molar-refractivity contribution in [2.45, 2.75) is 128 Å². The Kier molecular flexibility index (Phi) is 8.90. The number of carbonyl (C=O) groups is 1. The van der Waals surface area contributed by atoms with Crippen molar-refractivity contribution in [1.29, 1.82) is 0 Å². The number of hydrogen-bond donors (Lipinski definition) is 1. The predicted octanol–water partition coefficient (Wildman–Crippen LogP) is 6.63. The van der Waals surface area contributed by atoms with Crippen LogP contribution in [0.25, 0.3) is 5.52 Å². The van der Waals surface area contributed by atoms with Crippen molar-refractivity contribution in [3.63, 3.8) is 0 Å². The summed E-state index contributed by atoms with van der Waals surface area (Å²) < 4.78 is 19.8. The van der Waals surface area contributed by atoms with Crippen LogP contribution in [0.1, 0.15) is 122 Å². The lowest BCUT2D eigenvalue weighted by Gasteiger charge is -2.35. The molecule has 1 N–H and O–H groups in total. The Labute approximate surface area is 239 Å². The number of aromatic nitrogens is 3. The molecule has 1 amide bonds. The molecule has 3 fully saturated rings. The van der Waals surface area contributed by atoms with Gasteiger partial charge in [0, 0.05) is 43.6 Å². The van der Waals surface area contributed by atoms with Gasteiger partial charge in [0.1, 0.15) is 5.60 Å². The molecule has 2 aromatic rings.